The summed E-state index contributed by atoms with van der Waals surface area (Å²) >= 11 is 0. The third kappa shape index (κ3) is 1.89. The van der Waals surface area contributed by atoms with Crippen LogP contribution < -0.4 is 0 Å². The Balaban J connectivity index is 1.83. The highest BCUT2D eigenvalue weighted by Crippen LogP contribution is 2.72. The van der Waals surface area contributed by atoms with Crippen LogP contribution in [-0.4, -0.2) is 11.7 Å². The number of rotatable bonds is 2. The maximum atomic E-state index is 9.81. The van der Waals surface area contributed by atoms with E-state index in [-0.39, 0.29) is 0 Å². The average Bonchev–Trinajstić information content (AvgIpc) is 2.90. The Hall–Kier alpha value is -0.820. The molecule has 1 heteroatoms. The summed E-state index contributed by atoms with van der Waals surface area (Å²) in [5.41, 5.74) is 5.26. The Morgan fingerprint density at radius 1 is 1.30 bits per heavy atom. The quantitative estimate of drug-likeness (QED) is 0.688. The van der Waals surface area contributed by atoms with Gasteiger partial charge < -0.3 is 5.11 Å². The largest absolute Gasteiger partial charge is 0.396 e. The summed E-state index contributed by atoms with van der Waals surface area (Å²) in [6, 6.07) is 0. The van der Waals surface area contributed by atoms with Gasteiger partial charge in [-0.15, -0.1) is 0 Å². The monoisotopic (exact) mass is 312 g/mol. The summed E-state index contributed by atoms with van der Waals surface area (Å²) in [5.74, 6) is 2.76. The fraction of sp³-hybridized carbons (Fsp3) is 0.727. The van der Waals surface area contributed by atoms with E-state index in [9.17, 15) is 5.11 Å². The Morgan fingerprint density at radius 2 is 2.04 bits per heavy atom. The van der Waals surface area contributed by atoms with Crippen molar-refractivity contribution in [3.8, 4) is 0 Å². The molecule has 6 atom stereocenters. The van der Waals surface area contributed by atoms with Crippen molar-refractivity contribution in [2.45, 2.75) is 59.3 Å². The Labute approximate surface area is 141 Å². The molecule has 1 spiro atoms. The van der Waals surface area contributed by atoms with Crippen LogP contribution in [0.4, 0.5) is 0 Å². The third-order valence-corrected chi connectivity index (χ3v) is 8.33. The molecule has 3 saturated carbocycles. The van der Waals surface area contributed by atoms with Crippen molar-refractivity contribution in [3.63, 3.8) is 0 Å². The fourth-order valence-electron chi connectivity index (χ4n) is 7.03. The molecule has 0 heterocycles. The van der Waals surface area contributed by atoms with Crippen molar-refractivity contribution in [3.05, 3.63) is 35.5 Å². The van der Waals surface area contributed by atoms with Gasteiger partial charge in [0.1, 0.15) is 0 Å². The molecule has 0 amide bonds. The van der Waals surface area contributed by atoms with Crippen LogP contribution in [0.2, 0.25) is 0 Å². The van der Waals surface area contributed by atoms with Gasteiger partial charge in [-0.3, -0.25) is 0 Å². The van der Waals surface area contributed by atoms with Gasteiger partial charge in [0, 0.05) is 17.4 Å². The number of aliphatic hydroxyl groups excluding tert-OH is 1. The first-order valence-electron chi connectivity index (χ1n) is 9.58. The molecule has 0 aromatic rings. The first kappa shape index (κ1) is 15.7. The van der Waals surface area contributed by atoms with Crippen molar-refractivity contribution in [1.82, 2.24) is 0 Å². The zero-order chi connectivity index (χ0) is 16.4. The molecule has 0 aromatic carbocycles. The van der Waals surface area contributed by atoms with Gasteiger partial charge in [0.25, 0.3) is 0 Å². The van der Waals surface area contributed by atoms with Gasteiger partial charge in [0.15, 0.2) is 0 Å². The Kier molecular flexibility index (Phi) is 3.47. The first-order chi connectivity index (χ1) is 10.9. The lowest BCUT2D eigenvalue weighted by Gasteiger charge is -2.63. The molecule has 0 saturated heterocycles. The molecule has 4 aliphatic carbocycles. The molecule has 4 aliphatic rings. The van der Waals surface area contributed by atoms with Crippen LogP contribution in [0.1, 0.15) is 59.3 Å². The van der Waals surface area contributed by atoms with Gasteiger partial charge in [0.2, 0.25) is 0 Å². The van der Waals surface area contributed by atoms with Gasteiger partial charge >= 0.3 is 0 Å². The van der Waals surface area contributed by atoms with E-state index in [2.05, 4.69) is 39.5 Å². The van der Waals surface area contributed by atoms with Crippen LogP contribution in [0, 0.1) is 34.5 Å². The molecular weight excluding hydrogens is 280 g/mol. The van der Waals surface area contributed by atoms with E-state index in [1.165, 1.54) is 49.7 Å². The van der Waals surface area contributed by atoms with Crippen molar-refractivity contribution in [2.24, 2.45) is 34.5 Å². The van der Waals surface area contributed by atoms with Gasteiger partial charge in [0.05, 0.1) is 0 Å². The molecule has 1 nitrogen and oxygen atoms in total. The van der Waals surface area contributed by atoms with Crippen molar-refractivity contribution < 1.29 is 5.11 Å². The number of allylic oxidation sites excluding steroid dienone is 5. The molecule has 0 aromatic heterocycles. The summed E-state index contributed by atoms with van der Waals surface area (Å²) in [7, 11) is 0. The normalized spacial score (nSPS) is 48.2. The Bertz CT molecular complexity index is 597. The van der Waals surface area contributed by atoms with Gasteiger partial charge in [-0.1, -0.05) is 42.4 Å². The van der Waals surface area contributed by atoms with Crippen molar-refractivity contribution in [1.29, 1.82) is 0 Å². The molecule has 0 aliphatic heterocycles. The molecule has 4 rings (SSSR count). The summed E-state index contributed by atoms with van der Waals surface area (Å²) in [6.07, 6.45) is 12.7. The van der Waals surface area contributed by atoms with E-state index in [4.69, 9.17) is 0 Å². The highest BCUT2D eigenvalue weighted by atomic mass is 16.3. The molecule has 0 bridgehead atoms. The lowest BCUT2D eigenvalue weighted by atomic mass is 9.41. The van der Waals surface area contributed by atoms with Crippen molar-refractivity contribution in [2.75, 3.05) is 6.61 Å². The predicted molar refractivity (Wildman–Crippen MR) is 95.9 cm³/mol. The zero-order valence-electron chi connectivity index (χ0n) is 15.1. The zero-order valence-corrected chi connectivity index (χ0v) is 15.1. The number of hydrogen-bond donors (Lipinski definition) is 1. The van der Waals surface area contributed by atoms with Crippen LogP contribution in [0.25, 0.3) is 0 Å². The highest BCUT2D eigenvalue weighted by molar-refractivity contribution is 5.43. The van der Waals surface area contributed by atoms with E-state index in [1.54, 1.807) is 5.57 Å². The van der Waals surface area contributed by atoms with Gasteiger partial charge in [-0.05, 0) is 76.0 Å². The molecule has 126 valence electrons. The molecular formula is C22H32O. The van der Waals surface area contributed by atoms with Crippen LogP contribution in [0.3, 0.4) is 0 Å². The molecule has 0 unspecified atom stereocenters. The topological polar surface area (TPSA) is 20.2 Å². The fourth-order valence-corrected chi connectivity index (χ4v) is 7.03. The minimum absolute atomic E-state index is 0.318. The first-order valence-corrected chi connectivity index (χ1v) is 9.58. The summed E-state index contributed by atoms with van der Waals surface area (Å²) < 4.78 is 0. The SMILES string of the molecule is C=C(C)[C@H]1CC2=C(C)C=C[C@@]34C[C@H](CO)C[C@@H]3CC[C@H](C1)[C@]24C. The second-order valence-electron chi connectivity index (χ2n) is 9.18. The highest BCUT2D eigenvalue weighted by Gasteiger charge is 2.64. The van der Waals surface area contributed by atoms with E-state index in [1.807, 2.05) is 0 Å². The maximum Gasteiger partial charge on any atom is 0.0459 e. The van der Waals surface area contributed by atoms with Crippen LogP contribution in [0.15, 0.2) is 35.5 Å². The van der Waals surface area contributed by atoms with Gasteiger partial charge in [-0.2, -0.15) is 0 Å². The van der Waals surface area contributed by atoms with E-state index in [0.29, 0.717) is 29.3 Å². The summed E-state index contributed by atoms with van der Waals surface area (Å²) in [5, 5.41) is 9.81. The second-order valence-corrected chi connectivity index (χ2v) is 9.18. The summed E-state index contributed by atoms with van der Waals surface area (Å²) in [6.45, 7) is 11.8. The third-order valence-electron chi connectivity index (χ3n) is 8.33. The number of hydrogen-bond acceptors (Lipinski definition) is 1. The smallest absolute Gasteiger partial charge is 0.0459 e. The molecule has 0 radical (unpaired) electrons. The standard InChI is InChI=1S/C22H32O/c1-14(2)17-10-18-5-6-19-9-16(13-23)12-22(19)8-7-15(3)20(11-17)21(18,22)4/h7-8,16-19,23H,1,5-6,9-13H2,2-4H3/t16-,17-,18-,19+,21-,22-/m1/s1. The maximum absolute atomic E-state index is 9.81. The van der Waals surface area contributed by atoms with Crippen molar-refractivity contribution >= 4 is 0 Å². The molecule has 3 fully saturated rings. The summed E-state index contributed by atoms with van der Waals surface area (Å²) in [4.78, 5) is 0. The molecule has 1 N–H and O–H groups in total. The van der Waals surface area contributed by atoms with Gasteiger partial charge in [-0.25, -0.2) is 0 Å². The van der Waals surface area contributed by atoms with E-state index in [0.717, 1.165) is 11.8 Å². The predicted octanol–water partition coefficient (Wildman–Crippen LogP) is 5.28. The van der Waals surface area contributed by atoms with Crippen LogP contribution in [-0.2, 0) is 0 Å². The lowest BCUT2D eigenvalue weighted by Crippen LogP contribution is -2.55. The average molecular weight is 312 g/mol. The Morgan fingerprint density at radius 3 is 2.74 bits per heavy atom. The minimum Gasteiger partial charge on any atom is -0.396 e. The number of aliphatic hydroxyl groups is 1. The van der Waals surface area contributed by atoms with Crippen LogP contribution >= 0.6 is 0 Å². The lowest BCUT2D eigenvalue weighted by molar-refractivity contribution is -0.0455. The second kappa shape index (κ2) is 5.09. The minimum atomic E-state index is 0.318. The molecule has 23 heavy (non-hydrogen) atoms. The van der Waals surface area contributed by atoms with E-state index >= 15 is 0 Å². The van der Waals surface area contributed by atoms with Crippen LogP contribution in [0.5, 0.6) is 0 Å². The van der Waals surface area contributed by atoms with E-state index < -0.39 is 0 Å².